The Bertz CT molecular complexity index is 5510. The van der Waals surface area contributed by atoms with E-state index in [4.69, 9.17) is 57.8 Å². The van der Waals surface area contributed by atoms with E-state index in [1.165, 1.54) is 22.3 Å². The van der Waals surface area contributed by atoms with Gasteiger partial charge in [-0.15, -0.1) is 0 Å². The third kappa shape index (κ3) is 16.8. The molecule has 0 unspecified atom stereocenters. The Balaban J connectivity index is 0.000000147. The van der Waals surface area contributed by atoms with Gasteiger partial charge in [-0.1, -0.05) is 319 Å². The van der Waals surface area contributed by atoms with Gasteiger partial charge in [-0.3, -0.25) is 0 Å². The van der Waals surface area contributed by atoms with E-state index in [-0.39, 0.29) is 33.6 Å². The zero-order valence-electron chi connectivity index (χ0n) is 65.3. The van der Waals surface area contributed by atoms with Gasteiger partial charge in [-0.05, 0) is 167 Å². The average molecular weight is 1530 g/mol. The number of benzene rings is 12. The Morgan fingerprint density at radius 3 is 0.643 bits per heavy atom. The molecule has 14 aromatic rings. The van der Waals surface area contributed by atoms with Crippen LogP contribution in [0.5, 0.6) is 0 Å². The van der Waals surface area contributed by atoms with Crippen LogP contribution in [0.4, 0.5) is 0 Å². The molecule has 5 heterocycles. The molecule has 16 heteroatoms. The van der Waals surface area contributed by atoms with Crippen LogP contribution in [0, 0.1) is 0 Å². The Labute approximate surface area is 667 Å². The topological polar surface area (TPSA) is 133 Å². The SMILES string of the molecule is Brc1cccc(-c2ccc(-c3ccc(-c4nc(-c5ccccc5)nc(-c5ccc(-c6ccccc6)cc5)n4)cc3)cc2)c1.CC1(C)OB(B2OC(C)(C)C(C)(C)O2)OC1(C)C.CC1(C)OB(c2cccc(-c3ccc(-c4ccc(-c5nc(-c6ccccc6)nc(-c6ccc(-c7ccccc7)cc6)n5)cc4)cc3)c2)OC1(C)C. The monoisotopic (exact) mass is 1530 g/mol. The van der Waals surface area contributed by atoms with Crippen molar-refractivity contribution >= 4 is 42.5 Å². The average Bonchev–Trinajstić information content (AvgIpc) is 1.60. The zero-order valence-corrected chi connectivity index (χ0v) is 66.9. The normalized spacial score (nSPS) is 16.1. The predicted octanol–water partition coefficient (Wildman–Crippen LogP) is 23.1. The Hall–Kier alpha value is -10.9. The van der Waals surface area contributed by atoms with Gasteiger partial charge in [0.05, 0.1) is 33.6 Å². The first-order chi connectivity index (χ1) is 53.8. The standard InChI is InChI=1S/C45H38BN3O2.C39H26BrN3.C12H24B2O4/c1-44(2)45(3,4)51-46(50-44)40-17-11-16-39(30-40)35-20-18-33(19-21-35)34-24-28-38(29-25-34)43-48-41(36-14-9-6-10-15-36)47-42(49-43)37-26-22-32(23-27-37)31-12-7-5-8-13-31;40-36-13-7-12-35(26-36)31-16-14-29(15-17-31)30-20-24-34(25-21-30)39-42-37(32-10-5-2-6-11-32)41-38(43-39)33-22-18-28(19-23-33)27-8-3-1-4-9-27;1-9(2)10(3,4)16-13(15-9)14-17-11(5,6)12(7,8)18-14/h5-30H,1-4H3;1-26H;1-8H3. The summed E-state index contributed by atoms with van der Waals surface area (Å²) in [5, 5.41) is 0. The highest BCUT2D eigenvalue weighted by Gasteiger charge is 2.64. The summed E-state index contributed by atoms with van der Waals surface area (Å²) in [5.41, 5.74) is 18.3. The quantitative estimate of drug-likeness (QED) is 0.0960. The molecule has 112 heavy (non-hydrogen) atoms. The fraction of sp³-hybridized carbons (Fsp3) is 0.188. The Morgan fingerprint density at radius 2 is 0.384 bits per heavy atom. The molecule has 3 fully saturated rings. The molecule has 3 aliphatic heterocycles. The fourth-order valence-electron chi connectivity index (χ4n) is 13.4. The molecule has 0 radical (unpaired) electrons. The maximum atomic E-state index is 6.30. The molecule has 0 amide bonds. The van der Waals surface area contributed by atoms with Gasteiger partial charge in [-0.25, -0.2) is 29.9 Å². The van der Waals surface area contributed by atoms with E-state index >= 15 is 0 Å². The first-order valence-electron chi connectivity index (χ1n) is 38.1. The van der Waals surface area contributed by atoms with Crippen molar-refractivity contribution in [3.05, 3.63) is 320 Å². The van der Waals surface area contributed by atoms with Crippen molar-refractivity contribution in [3.63, 3.8) is 0 Å². The highest BCUT2D eigenvalue weighted by atomic mass is 79.9. The smallest absolute Gasteiger partial charge is 0.405 e. The molecule has 17 rings (SSSR count). The van der Waals surface area contributed by atoms with Crippen molar-refractivity contribution < 1.29 is 27.9 Å². The van der Waals surface area contributed by atoms with E-state index in [9.17, 15) is 0 Å². The second-order valence-electron chi connectivity index (χ2n) is 31.5. The van der Waals surface area contributed by atoms with Crippen molar-refractivity contribution in [1.29, 1.82) is 0 Å². The molecule has 0 atom stereocenters. The van der Waals surface area contributed by atoms with Gasteiger partial charge in [-0.2, -0.15) is 0 Å². The van der Waals surface area contributed by atoms with Crippen LogP contribution in [0.1, 0.15) is 83.1 Å². The largest absolute Gasteiger partial charge is 0.494 e. The minimum Gasteiger partial charge on any atom is -0.405 e. The zero-order chi connectivity index (χ0) is 78.0. The molecule has 0 N–H and O–H groups in total. The molecule has 0 saturated carbocycles. The summed E-state index contributed by atoms with van der Waals surface area (Å²) in [5.74, 6) is 3.86. The summed E-state index contributed by atoms with van der Waals surface area (Å²) in [6.07, 6.45) is 0. The first kappa shape index (κ1) is 76.5. The predicted molar refractivity (Wildman–Crippen MR) is 460 cm³/mol. The number of rotatable bonds is 14. The lowest BCUT2D eigenvalue weighted by atomic mass is 9.49. The van der Waals surface area contributed by atoms with Gasteiger partial charge in [0.2, 0.25) is 0 Å². The second kappa shape index (κ2) is 31.7. The van der Waals surface area contributed by atoms with Crippen LogP contribution >= 0.6 is 15.9 Å². The minimum atomic E-state index is -0.476. The van der Waals surface area contributed by atoms with Crippen molar-refractivity contribution in [2.75, 3.05) is 0 Å². The van der Waals surface area contributed by atoms with Crippen LogP contribution in [-0.4, -0.2) is 84.6 Å². The van der Waals surface area contributed by atoms with E-state index in [1.54, 1.807) is 0 Å². The highest BCUT2D eigenvalue weighted by Crippen LogP contribution is 2.44. The molecule has 0 aliphatic carbocycles. The van der Waals surface area contributed by atoms with Crippen LogP contribution in [0.15, 0.2) is 320 Å². The lowest BCUT2D eigenvalue weighted by Crippen LogP contribution is -2.41. The fourth-order valence-corrected chi connectivity index (χ4v) is 13.8. The van der Waals surface area contributed by atoms with Gasteiger partial charge >= 0.3 is 21.1 Å². The van der Waals surface area contributed by atoms with Crippen LogP contribution in [-0.2, 0) is 27.9 Å². The van der Waals surface area contributed by atoms with Gasteiger partial charge < -0.3 is 27.9 Å². The van der Waals surface area contributed by atoms with Crippen molar-refractivity contribution in [3.8, 4) is 135 Å². The number of nitrogens with zero attached hydrogens (tertiary/aromatic N) is 6. The second-order valence-corrected chi connectivity index (χ2v) is 32.4. The summed E-state index contributed by atoms with van der Waals surface area (Å²) in [7, 11) is -1.34. The summed E-state index contributed by atoms with van der Waals surface area (Å²) in [6, 6.07) is 109. The lowest BCUT2D eigenvalue weighted by molar-refractivity contribution is 0.00578. The summed E-state index contributed by atoms with van der Waals surface area (Å²) >= 11 is 3.57. The summed E-state index contributed by atoms with van der Waals surface area (Å²) < 4.78 is 37.5. The molecule has 2 aromatic heterocycles. The number of hydrogen-bond donors (Lipinski definition) is 0. The van der Waals surface area contributed by atoms with Gasteiger partial charge in [0.15, 0.2) is 34.9 Å². The Morgan fingerprint density at radius 1 is 0.196 bits per heavy atom. The van der Waals surface area contributed by atoms with Crippen LogP contribution in [0.25, 0.3) is 135 Å². The number of aromatic nitrogens is 6. The molecule has 3 saturated heterocycles. The molecule has 0 spiro atoms. The van der Waals surface area contributed by atoms with E-state index in [0.717, 1.165) is 87.8 Å². The molecule has 3 aliphatic rings. The van der Waals surface area contributed by atoms with Gasteiger partial charge in [0.25, 0.3) is 0 Å². The molecule has 0 bridgehead atoms. The van der Waals surface area contributed by atoms with Crippen LogP contribution in [0.2, 0.25) is 0 Å². The first-order valence-corrected chi connectivity index (χ1v) is 38.9. The molecule has 554 valence electrons. The number of halogens is 1. The lowest BCUT2D eigenvalue weighted by Gasteiger charge is -2.32. The third-order valence-corrected chi connectivity index (χ3v) is 22.7. The number of hydrogen-bond acceptors (Lipinski definition) is 12. The summed E-state index contributed by atoms with van der Waals surface area (Å²) in [4.78, 5) is 29.5. The molecule has 12 nitrogen and oxygen atoms in total. The maximum Gasteiger partial charge on any atom is 0.494 e. The van der Waals surface area contributed by atoms with E-state index in [0.29, 0.717) is 34.9 Å². The van der Waals surface area contributed by atoms with Gasteiger partial charge in [0.1, 0.15) is 0 Å². The molecular weight excluding hydrogens is 1450 g/mol. The van der Waals surface area contributed by atoms with E-state index < -0.39 is 21.1 Å². The van der Waals surface area contributed by atoms with E-state index in [1.807, 2.05) is 134 Å². The molecule has 12 aromatic carbocycles. The highest BCUT2D eigenvalue weighted by molar-refractivity contribution is 9.10. The maximum absolute atomic E-state index is 6.30. The van der Waals surface area contributed by atoms with Crippen molar-refractivity contribution in [2.45, 2.75) is 117 Å². The summed E-state index contributed by atoms with van der Waals surface area (Å²) in [6.45, 7) is 24.5. The van der Waals surface area contributed by atoms with Crippen LogP contribution < -0.4 is 5.46 Å². The van der Waals surface area contributed by atoms with Gasteiger partial charge in [0, 0.05) is 37.9 Å². The third-order valence-electron chi connectivity index (χ3n) is 22.2. The Kier molecular flexibility index (Phi) is 21.6. The van der Waals surface area contributed by atoms with E-state index in [2.05, 4.69) is 280 Å². The van der Waals surface area contributed by atoms with Crippen molar-refractivity contribution in [2.24, 2.45) is 0 Å². The van der Waals surface area contributed by atoms with Crippen molar-refractivity contribution in [1.82, 2.24) is 29.9 Å². The molecular formula is C96H88B3BrN6O6. The van der Waals surface area contributed by atoms with Crippen LogP contribution in [0.3, 0.4) is 0 Å². The minimum absolute atomic E-state index is 0.360.